The lowest BCUT2D eigenvalue weighted by Gasteiger charge is -2.24. The summed E-state index contributed by atoms with van der Waals surface area (Å²) < 4.78 is 13.1. The Morgan fingerprint density at radius 2 is 1.80 bits per heavy atom. The van der Waals surface area contributed by atoms with E-state index in [1.807, 2.05) is 48.8 Å². The Bertz CT molecular complexity index is 803. The number of hydrogen-bond donors (Lipinski definition) is 2. The van der Waals surface area contributed by atoms with E-state index in [2.05, 4.69) is 11.4 Å². The number of carbonyl (C=O) groups is 1. The third-order valence-corrected chi connectivity index (χ3v) is 4.91. The SMILES string of the molecule is C[NH+](Cc1cccs1)[C@H](C(=O)Nc1ccc(F)cc1)c1ccccc1. The number of anilines is 1. The van der Waals surface area contributed by atoms with Crippen LogP contribution in [-0.2, 0) is 11.3 Å². The van der Waals surface area contributed by atoms with Crippen molar-refractivity contribution in [1.82, 2.24) is 0 Å². The number of thiophene rings is 1. The van der Waals surface area contributed by atoms with E-state index in [9.17, 15) is 9.18 Å². The highest BCUT2D eigenvalue weighted by Gasteiger charge is 2.29. The minimum absolute atomic E-state index is 0.105. The van der Waals surface area contributed by atoms with Crippen molar-refractivity contribution in [2.45, 2.75) is 12.6 Å². The van der Waals surface area contributed by atoms with Gasteiger partial charge in [0.15, 0.2) is 6.04 Å². The number of hydrogen-bond acceptors (Lipinski definition) is 2. The van der Waals surface area contributed by atoms with Crippen LogP contribution in [0.4, 0.5) is 10.1 Å². The van der Waals surface area contributed by atoms with Crippen LogP contribution in [0, 0.1) is 5.82 Å². The molecular weight excluding hydrogens is 335 g/mol. The first-order valence-electron chi connectivity index (χ1n) is 8.09. The molecule has 0 fully saturated rings. The van der Waals surface area contributed by atoms with E-state index in [-0.39, 0.29) is 17.8 Å². The van der Waals surface area contributed by atoms with Crippen molar-refractivity contribution in [3.63, 3.8) is 0 Å². The zero-order valence-corrected chi connectivity index (χ0v) is 14.7. The van der Waals surface area contributed by atoms with Gasteiger partial charge in [0.25, 0.3) is 5.91 Å². The van der Waals surface area contributed by atoms with E-state index in [1.54, 1.807) is 23.5 Å². The Labute approximate surface area is 150 Å². The Balaban J connectivity index is 1.82. The molecule has 1 heterocycles. The van der Waals surface area contributed by atoms with Gasteiger partial charge in [0.1, 0.15) is 12.4 Å². The van der Waals surface area contributed by atoms with Crippen LogP contribution in [-0.4, -0.2) is 13.0 Å². The predicted molar refractivity (Wildman–Crippen MR) is 99.1 cm³/mol. The summed E-state index contributed by atoms with van der Waals surface area (Å²) in [5, 5.41) is 4.95. The Kier molecular flexibility index (Phi) is 5.58. The van der Waals surface area contributed by atoms with Crippen molar-refractivity contribution < 1.29 is 14.1 Å². The summed E-state index contributed by atoms with van der Waals surface area (Å²) in [4.78, 5) is 15.3. The van der Waals surface area contributed by atoms with Crippen molar-refractivity contribution in [2.75, 3.05) is 12.4 Å². The van der Waals surface area contributed by atoms with Gasteiger partial charge in [0.2, 0.25) is 0 Å². The molecule has 0 spiro atoms. The molecule has 2 N–H and O–H groups in total. The second kappa shape index (κ2) is 8.05. The first-order valence-corrected chi connectivity index (χ1v) is 8.97. The molecule has 2 aromatic carbocycles. The van der Waals surface area contributed by atoms with Crippen molar-refractivity contribution >= 4 is 22.9 Å². The van der Waals surface area contributed by atoms with Crippen LogP contribution in [0.1, 0.15) is 16.5 Å². The van der Waals surface area contributed by atoms with Crippen LogP contribution in [0.5, 0.6) is 0 Å². The summed E-state index contributed by atoms with van der Waals surface area (Å²) in [7, 11) is 2.02. The molecule has 0 saturated carbocycles. The van der Waals surface area contributed by atoms with Crippen molar-refractivity contribution in [3.05, 3.63) is 88.4 Å². The Morgan fingerprint density at radius 3 is 2.44 bits per heavy atom. The summed E-state index contributed by atoms with van der Waals surface area (Å²) in [5.41, 5.74) is 1.55. The molecule has 0 aliphatic rings. The van der Waals surface area contributed by atoms with E-state index in [0.29, 0.717) is 5.69 Å². The molecule has 0 aliphatic heterocycles. The quantitative estimate of drug-likeness (QED) is 0.699. The highest BCUT2D eigenvalue weighted by molar-refractivity contribution is 7.09. The van der Waals surface area contributed by atoms with Gasteiger partial charge in [0, 0.05) is 11.3 Å². The fourth-order valence-corrected chi connectivity index (χ4v) is 3.64. The van der Waals surface area contributed by atoms with Gasteiger partial charge in [0.05, 0.1) is 11.9 Å². The van der Waals surface area contributed by atoms with Crippen LogP contribution < -0.4 is 10.2 Å². The third kappa shape index (κ3) is 4.53. The van der Waals surface area contributed by atoms with E-state index in [0.717, 1.165) is 17.0 Å². The van der Waals surface area contributed by atoms with Crippen molar-refractivity contribution in [1.29, 1.82) is 0 Å². The van der Waals surface area contributed by atoms with Crippen LogP contribution >= 0.6 is 11.3 Å². The lowest BCUT2D eigenvalue weighted by Crippen LogP contribution is -3.09. The second-order valence-electron chi connectivity index (χ2n) is 5.94. The molecule has 3 nitrogen and oxygen atoms in total. The maximum absolute atomic E-state index is 13.1. The smallest absolute Gasteiger partial charge is 0.287 e. The van der Waals surface area contributed by atoms with Gasteiger partial charge in [-0.3, -0.25) is 4.79 Å². The molecule has 0 saturated heterocycles. The van der Waals surface area contributed by atoms with Crippen molar-refractivity contribution in [2.24, 2.45) is 0 Å². The van der Waals surface area contributed by atoms with Gasteiger partial charge >= 0.3 is 0 Å². The van der Waals surface area contributed by atoms with Crippen LogP contribution in [0.3, 0.4) is 0 Å². The van der Waals surface area contributed by atoms with E-state index < -0.39 is 0 Å². The standard InChI is InChI=1S/C20H19FN2OS/c1-23(14-18-8-5-13-25-18)19(15-6-3-2-4-7-15)20(24)22-17-11-9-16(21)10-12-17/h2-13,19H,14H2,1H3,(H,22,24)/p+1/t19-/m0/s1. The van der Waals surface area contributed by atoms with E-state index >= 15 is 0 Å². The number of rotatable bonds is 6. The van der Waals surface area contributed by atoms with Crippen LogP contribution in [0.15, 0.2) is 72.1 Å². The zero-order chi connectivity index (χ0) is 17.6. The number of quaternary nitrogens is 1. The molecule has 3 rings (SSSR count). The highest BCUT2D eigenvalue weighted by atomic mass is 32.1. The summed E-state index contributed by atoms with van der Waals surface area (Å²) in [6.07, 6.45) is 0. The fraction of sp³-hybridized carbons (Fsp3) is 0.150. The number of carbonyl (C=O) groups excluding carboxylic acids is 1. The van der Waals surface area contributed by atoms with Crippen molar-refractivity contribution in [3.8, 4) is 0 Å². The third-order valence-electron chi connectivity index (χ3n) is 4.03. The van der Waals surface area contributed by atoms with Crippen LogP contribution in [0.25, 0.3) is 0 Å². The molecule has 128 valence electrons. The van der Waals surface area contributed by atoms with Gasteiger partial charge in [-0.2, -0.15) is 0 Å². The molecule has 5 heteroatoms. The Hall–Kier alpha value is -2.50. The van der Waals surface area contributed by atoms with Gasteiger partial charge in [-0.15, -0.1) is 11.3 Å². The number of amides is 1. The summed E-state index contributed by atoms with van der Waals surface area (Å²) in [6.45, 7) is 0.758. The first kappa shape index (κ1) is 17.3. The summed E-state index contributed by atoms with van der Waals surface area (Å²) in [5.74, 6) is -0.426. The molecule has 0 aliphatic carbocycles. The molecule has 1 amide bonds. The predicted octanol–water partition coefficient (Wildman–Crippen LogP) is 3.28. The monoisotopic (exact) mass is 355 g/mol. The average Bonchev–Trinajstić information content (AvgIpc) is 3.11. The normalized spacial score (nSPS) is 13.2. The lowest BCUT2D eigenvalue weighted by molar-refractivity contribution is -0.915. The van der Waals surface area contributed by atoms with E-state index in [1.165, 1.54) is 17.0 Å². The number of nitrogens with one attached hydrogen (secondary N) is 2. The number of benzene rings is 2. The summed E-state index contributed by atoms with van der Waals surface area (Å²) in [6, 6.07) is 19.3. The van der Waals surface area contributed by atoms with Gasteiger partial charge < -0.3 is 10.2 Å². The topological polar surface area (TPSA) is 33.5 Å². The Morgan fingerprint density at radius 1 is 1.08 bits per heavy atom. The molecule has 1 unspecified atom stereocenters. The number of likely N-dealkylation sites (N-methyl/N-ethyl adjacent to an activating group) is 1. The highest BCUT2D eigenvalue weighted by Crippen LogP contribution is 2.15. The minimum Gasteiger partial charge on any atom is -0.321 e. The molecule has 3 aromatic rings. The molecule has 0 bridgehead atoms. The van der Waals surface area contributed by atoms with Crippen LogP contribution in [0.2, 0.25) is 0 Å². The fourth-order valence-electron chi connectivity index (χ4n) is 2.84. The van der Waals surface area contributed by atoms with Gasteiger partial charge in [-0.25, -0.2) is 4.39 Å². The molecular formula is C20H20FN2OS+. The summed E-state index contributed by atoms with van der Waals surface area (Å²) >= 11 is 1.69. The zero-order valence-electron chi connectivity index (χ0n) is 13.9. The first-order chi connectivity index (χ1) is 12.1. The maximum atomic E-state index is 13.1. The molecule has 2 atom stereocenters. The molecule has 1 aromatic heterocycles. The van der Waals surface area contributed by atoms with Gasteiger partial charge in [-0.1, -0.05) is 36.4 Å². The molecule has 25 heavy (non-hydrogen) atoms. The minimum atomic E-state index is -0.353. The second-order valence-corrected chi connectivity index (χ2v) is 6.97. The largest absolute Gasteiger partial charge is 0.321 e. The van der Waals surface area contributed by atoms with E-state index in [4.69, 9.17) is 0 Å². The maximum Gasteiger partial charge on any atom is 0.287 e. The van der Waals surface area contributed by atoms with Gasteiger partial charge in [-0.05, 0) is 35.7 Å². The molecule has 0 radical (unpaired) electrons. The lowest BCUT2D eigenvalue weighted by atomic mass is 10.0. The number of halogens is 1. The average molecular weight is 355 g/mol.